The zero-order valence-corrected chi connectivity index (χ0v) is 12.7. The van der Waals surface area contributed by atoms with Gasteiger partial charge in [-0.1, -0.05) is 25.7 Å². The Hall–Kier alpha value is -0.870. The highest BCUT2D eigenvalue weighted by molar-refractivity contribution is 7.14. The number of hydrogen-bond donors (Lipinski definition) is 2. The van der Waals surface area contributed by atoms with Gasteiger partial charge in [-0.2, -0.15) is 0 Å². The Labute approximate surface area is 124 Å². The van der Waals surface area contributed by atoms with Crippen LogP contribution in [0, 0.1) is 0 Å². The van der Waals surface area contributed by atoms with Crippen LogP contribution < -0.4 is 5.32 Å². The fourth-order valence-corrected chi connectivity index (χ4v) is 4.51. The van der Waals surface area contributed by atoms with Crippen LogP contribution in [0.5, 0.6) is 0 Å². The molecule has 0 unspecified atom stereocenters. The maximum absolute atomic E-state index is 12.2. The fraction of sp³-hybridized carbons (Fsp3) is 0.688. The van der Waals surface area contributed by atoms with Gasteiger partial charge < -0.3 is 10.4 Å². The lowest BCUT2D eigenvalue weighted by Gasteiger charge is -2.26. The van der Waals surface area contributed by atoms with Gasteiger partial charge in [-0.05, 0) is 43.7 Å². The molecule has 2 N–H and O–H groups in total. The van der Waals surface area contributed by atoms with Crippen LogP contribution in [0.1, 0.15) is 65.1 Å². The van der Waals surface area contributed by atoms with E-state index in [0.29, 0.717) is 6.54 Å². The molecule has 1 fully saturated rings. The molecule has 0 aliphatic heterocycles. The van der Waals surface area contributed by atoms with Gasteiger partial charge >= 0.3 is 0 Å². The number of rotatable bonds is 3. The Kier molecular flexibility index (Phi) is 4.13. The molecule has 4 heteroatoms. The first-order chi connectivity index (χ1) is 9.66. The Morgan fingerprint density at radius 1 is 1.20 bits per heavy atom. The third kappa shape index (κ3) is 3.07. The lowest BCUT2D eigenvalue weighted by molar-refractivity contribution is 0.0247. The highest BCUT2D eigenvalue weighted by Gasteiger charge is 2.29. The SMILES string of the molecule is O=C(NCC1(O)CCCCCC1)c1cc2c(s1)CCC2. The van der Waals surface area contributed by atoms with Crippen LogP contribution in [0.25, 0.3) is 0 Å². The summed E-state index contributed by atoms with van der Waals surface area (Å²) in [5, 5.41) is 13.5. The third-order valence-corrected chi connectivity index (χ3v) is 5.82. The normalized spacial score (nSPS) is 21.2. The van der Waals surface area contributed by atoms with Gasteiger partial charge in [0.15, 0.2) is 0 Å². The van der Waals surface area contributed by atoms with Gasteiger partial charge in [0.05, 0.1) is 10.5 Å². The van der Waals surface area contributed by atoms with Gasteiger partial charge in [-0.3, -0.25) is 4.79 Å². The van der Waals surface area contributed by atoms with Gasteiger partial charge in [0.1, 0.15) is 0 Å². The molecule has 2 aliphatic rings. The number of carbonyl (C=O) groups is 1. The van der Waals surface area contributed by atoms with Gasteiger partial charge in [-0.15, -0.1) is 11.3 Å². The van der Waals surface area contributed by atoms with Crippen molar-refractivity contribution in [2.75, 3.05) is 6.54 Å². The van der Waals surface area contributed by atoms with Crippen molar-refractivity contribution < 1.29 is 9.90 Å². The molecule has 0 atom stereocenters. The number of amides is 1. The Bertz CT molecular complexity index is 465. The molecular weight excluding hydrogens is 270 g/mol. The maximum Gasteiger partial charge on any atom is 0.261 e. The molecule has 0 saturated heterocycles. The second-order valence-corrected chi connectivity index (χ2v) is 7.37. The van der Waals surface area contributed by atoms with Crippen LogP contribution in [-0.2, 0) is 12.8 Å². The van der Waals surface area contributed by atoms with Gasteiger partial charge in [0.25, 0.3) is 5.91 Å². The molecule has 3 nitrogen and oxygen atoms in total. The molecule has 0 aromatic carbocycles. The number of thiophene rings is 1. The van der Waals surface area contributed by atoms with E-state index in [0.717, 1.165) is 43.4 Å². The van der Waals surface area contributed by atoms with Crippen molar-refractivity contribution in [3.8, 4) is 0 Å². The minimum absolute atomic E-state index is 0.0120. The maximum atomic E-state index is 12.2. The highest BCUT2D eigenvalue weighted by atomic mass is 32.1. The first-order valence-corrected chi connectivity index (χ1v) is 8.60. The molecule has 2 aliphatic carbocycles. The predicted octanol–water partition coefficient (Wildman–Crippen LogP) is 3.05. The van der Waals surface area contributed by atoms with Crippen LogP contribution in [0.3, 0.4) is 0 Å². The molecule has 1 amide bonds. The molecule has 110 valence electrons. The van der Waals surface area contributed by atoms with Crippen LogP contribution >= 0.6 is 11.3 Å². The second kappa shape index (κ2) is 5.86. The molecule has 0 bridgehead atoms. The number of carbonyl (C=O) groups excluding carboxylic acids is 1. The molecule has 1 aromatic heterocycles. The van der Waals surface area contributed by atoms with Crippen LogP contribution in [0.15, 0.2) is 6.07 Å². The van der Waals surface area contributed by atoms with Crippen molar-refractivity contribution in [2.24, 2.45) is 0 Å². The number of hydrogen-bond acceptors (Lipinski definition) is 3. The van der Waals surface area contributed by atoms with E-state index in [-0.39, 0.29) is 5.91 Å². The summed E-state index contributed by atoms with van der Waals surface area (Å²) >= 11 is 1.63. The largest absolute Gasteiger partial charge is 0.388 e. The zero-order valence-electron chi connectivity index (χ0n) is 11.9. The molecular formula is C16H23NO2S. The summed E-state index contributed by atoms with van der Waals surface area (Å²) < 4.78 is 0. The van der Waals surface area contributed by atoms with Crippen molar-refractivity contribution >= 4 is 17.2 Å². The van der Waals surface area contributed by atoms with Crippen molar-refractivity contribution in [1.29, 1.82) is 0 Å². The van der Waals surface area contributed by atoms with Crippen LogP contribution in [-0.4, -0.2) is 23.2 Å². The summed E-state index contributed by atoms with van der Waals surface area (Å²) in [4.78, 5) is 14.4. The summed E-state index contributed by atoms with van der Waals surface area (Å²) in [6.45, 7) is 0.397. The average Bonchev–Trinajstić information content (AvgIpc) is 2.95. The fourth-order valence-electron chi connectivity index (χ4n) is 3.34. The molecule has 1 aromatic rings. The number of aliphatic hydroxyl groups is 1. The standard InChI is InChI=1S/C16H23NO2S/c18-15(14-10-12-6-5-7-13(12)20-14)17-11-16(19)8-3-1-2-4-9-16/h10,19H,1-9,11H2,(H,17,18). The van der Waals surface area contributed by atoms with E-state index < -0.39 is 5.60 Å². The van der Waals surface area contributed by atoms with Crippen molar-refractivity contribution in [1.82, 2.24) is 5.32 Å². The Balaban J connectivity index is 1.58. The molecule has 20 heavy (non-hydrogen) atoms. The minimum atomic E-state index is -0.688. The van der Waals surface area contributed by atoms with E-state index in [1.165, 1.54) is 29.7 Å². The summed E-state index contributed by atoms with van der Waals surface area (Å²) in [5.41, 5.74) is 0.667. The highest BCUT2D eigenvalue weighted by Crippen LogP contribution is 2.31. The third-order valence-electron chi connectivity index (χ3n) is 4.58. The van der Waals surface area contributed by atoms with E-state index in [9.17, 15) is 9.90 Å². The second-order valence-electron chi connectivity index (χ2n) is 6.23. The molecule has 1 saturated carbocycles. The van der Waals surface area contributed by atoms with Crippen molar-refractivity contribution in [3.05, 3.63) is 21.4 Å². The van der Waals surface area contributed by atoms with E-state index in [4.69, 9.17) is 0 Å². The molecule has 3 rings (SSSR count). The quantitative estimate of drug-likeness (QED) is 0.842. The van der Waals surface area contributed by atoms with Gasteiger partial charge in [-0.25, -0.2) is 0 Å². The van der Waals surface area contributed by atoms with E-state index in [1.54, 1.807) is 11.3 Å². The Morgan fingerprint density at radius 3 is 2.65 bits per heavy atom. The molecule has 0 radical (unpaired) electrons. The molecule has 0 spiro atoms. The minimum Gasteiger partial charge on any atom is -0.388 e. The Morgan fingerprint density at radius 2 is 1.95 bits per heavy atom. The topological polar surface area (TPSA) is 49.3 Å². The average molecular weight is 293 g/mol. The number of fused-ring (bicyclic) bond motifs is 1. The number of nitrogens with one attached hydrogen (secondary N) is 1. The first kappa shape index (κ1) is 14.1. The monoisotopic (exact) mass is 293 g/mol. The number of aryl methyl sites for hydroxylation is 2. The summed E-state index contributed by atoms with van der Waals surface area (Å²) in [6.07, 6.45) is 9.63. The first-order valence-electron chi connectivity index (χ1n) is 7.78. The van der Waals surface area contributed by atoms with E-state index in [1.807, 2.05) is 6.07 Å². The van der Waals surface area contributed by atoms with Crippen LogP contribution in [0.2, 0.25) is 0 Å². The summed E-state index contributed by atoms with van der Waals surface area (Å²) in [6, 6.07) is 2.04. The van der Waals surface area contributed by atoms with E-state index in [2.05, 4.69) is 5.32 Å². The lowest BCUT2D eigenvalue weighted by atomic mass is 9.94. The summed E-state index contributed by atoms with van der Waals surface area (Å²) in [7, 11) is 0. The van der Waals surface area contributed by atoms with Crippen molar-refractivity contribution in [2.45, 2.75) is 63.4 Å². The van der Waals surface area contributed by atoms with Crippen LogP contribution in [0.4, 0.5) is 0 Å². The van der Waals surface area contributed by atoms with Gasteiger partial charge in [0, 0.05) is 11.4 Å². The smallest absolute Gasteiger partial charge is 0.261 e. The predicted molar refractivity (Wildman–Crippen MR) is 81.3 cm³/mol. The summed E-state index contributed by atoms with van der Waals surface area (Å²) in [5.74, 6) is -0.0120. The zero-order chi connectivity index (χ0) is 14.0. The van der Waals surface area contributed by atoms with E-state index >= 15 is 0 Å². The molecule has 1 heterocycles. The van der Waals surface area contributed by atoms with Gasteiger partial charge in [0.2, 0.25) is 0 Å². The van der Waals surface area contributed by atoms with Crippen molar-refractivity contribution in [3.63, 3.8) is 0 Å². The lowest BCUT2D eigenvalue weighted by Crippen LogP contribution is -2.42.